The Morgan fingerprint density at radius 3 is 2.19 bits per heavy atom. The van der Waals surface area contributed by atoms with Crippen molar-refractivity contribution in [2.24, 2.45) is 0 Å². The maximum Gasteiger partial charge on any atom is 0.0636 e. The van der Waals surface area contributed by atoms with E-state index in [0.717, 1.165) is 0 Å². The molecule has 0 saturated heterocycles. The number of hydrogen-bond acceptors (Lipinski definition) is 2. The molecule has 0 spiro atoms. The Hall–Kier alpha value is -0.860. The molecule has 0 aliphatic heterocycles. The normalized spacial score (nSPS) is 14.9. The number of aliphatic hydroxyl groups excluding tert-OH is 1. The molecule has 2 atom stereocenters. The minimum Gasteiger partial charge on any atom is -0.392 e. The summed E-state index contributed by atoms with van der Waals surface area (Å²) in [5.74, 6) is 0. The lowest BCUT2D eigenvalue weighted by Gasteiger charge is -2.19. The maximum atomic E-state index is 9.25. The zero-order valence-electron chi connectivity index (χ0n) is 11.0. The molecule has 0 fully saturated rings. The fourth-order valence-corrected chi connectivity index (χ4v) is 1.91. The van der Waals surface area contributed by atoms with Crippen LogP contribution in [0.2, 0.25) is 0 Å². The van der Waals surface area contributed by atoms with Crippen molar-refractivity contribution in [3.63, 3.8) is 0 Å². The first-order valence-corrected chi connectivity index (χ1v) is 5.91. The summed E-state index contributed by atoms with van der Waals surface area (Å²) >= 11 is 0. The minimum atomic E-state index is -0.297. The molecule has 0 heterocycles. The summed E-state index contributed by atoms with van der Waals surface area (Å²) in [7, 11) is 0. The quantitative estimate of drug-likeness (QED) is 0.819. The first-order chi connectivity index (χ1) is 7.41. The fraction of sp³-hybridized carbons (Fsp3) is 0.571. The van der Waals surface area contributed by atoms with E-state index in [2.05, 4.69) is 45.1 Å². The highest BCUT2D eigenvalue weighted by molar-refractivity contribution is 5.37. The van der Waals surface area contributed by atoms with E-state index in [9.17, 15) is 5.11 Å². The van der Waals surface area contributed by atoms with Crippen LogP contribution in [-0.4, -0.2) is 17.8 Å². The summed E-state index contributed by atoms with van der Waals surface area (Å²) in [4.78, 5) is 0. The molecule has 1 aromatic carbocycles. The molecule has 16 heavy (non-hydrogen) atoms. The largest absolute Gasteiger partial charge is 0.392 e. The highest BCUT2D eigenvalue weighted by Gasteiger charge is 2.10. The van der Waals surface area contributed by atoms with Crippen LogP contribution >= 0.6 is 0 Å². The lowest BCUT2D eigenvalue weighted by molar-refractivity contribution is 0.187. The van der Waals surface area contributed by atoms with Crippen LogP contribution in [0.1, 0.15) is 42.1 Å². The van der Waals surface area contributed by atoms with Crippen molar-refractivity contribution in [3.8, 4) is 0 Å². The van der Waals surface area contributed by atoms with E-state index in [1.807, 2.05) is 0 Å². The average molecular weight is 221 g/mol. The summed E-state index contributed by atoms with van der Waals surface area (Å²) in [5, 5.41) is 12.6. The van der Waals surface area contributed by atoms with E-state index in [-0.39, 0.29) is 12.1 Å². The smallest absolute Gasteiger partial charge is 0.0636 e. The van der Waals surface area contributed by atoms with Crippen molar-refractivity contribution in [1.29, 1.82) is 0 Å². The molecule has 2 N–H and O–H groups in total. The van der Waals surface area contributed by atoms with E-state index in [1.54, 1.807) is 6.92 Å². The van der Waals surface area contributed by atoms with Gasteiger partial charge in [-0.15, -0.1) is 0 Å². The molecule has 0 aromatic heterocycles. The second-order valence-electron chi connectivity index (χ2n) is 4.77. The molecule has 2 unspecified atom stereocenters. The number of aryl methyl sites for hydroxylation is 3. The molecule has 90 valence electrons. The van der Waals surface area contributed by atoms with Gasteiger partial charge in [-0.3, -0.25) is 0 Å². The Bertz CT molecular complexity index is 358. The summed E-state index contributed by atoms with van der Waals surface area (Å²) in [5.41, 5.74) is 5.30. The zero-order valence-corrected chi connectivity index (χ0v) is 11.0. The Labute approximate surface area is 98.7 Å². The number of rotatable bonds is 4. The van der Waals surface area contributed by atoms with Gasteiger partial charge in [-0.2, -0.15) is 0 Å². The second-order valence-corrected chi connectivity index (χ2v) is 4.77. The van der Waals surface area contributed by atoms with Crippen LogP contribution in [0.3, 0.4) is 0 Å². The fourth-order valence-electron chi connectivity index (χ4n) is 1.91. The Morgan fingerprint density at radius 1 is 1.06 bits per heavy atom. The SMILES string of the molecule is Cc1cc(C)c(C(C)NCC(C)O)cc1C. The molecule has 1 rings (SSSR count). The minimum absolute atomic E-state index is 0.286. The maximum absolute atomic E-state index is 9.25. The van der Waals surface area contributed by atoms with Gasteiger partial charge in [-0.25, -0.2) is 0 Å². The van der Waals surface area contributed by atoms with Gasteiger partial charge in [0, 0.05) is 12.6 Å². The Kier molecular flexibility index (Phi) is 4.51. The van der Waals surface area contributed by atoms with Crippen LogP contribution < -0.4 is 5.32 Å². The predicted molar refractivity (Wildman–Crippen MR) is 68.8 cm³/mol. The van der Waals surface area contributed by atoms with Crippen LogP contribution in [0.15, 0.2) is 12.1 Å². The van der Waals surface area contributed by atoms with E-state index in [1.165, 1.54) is 22.3 Å². The number of aliphatic hydroxyl groups is 1. The van der Waals surface area contributed by atoms with Gasteiger partial charge in [0.25, 0.3) is 0 Å². The molecular formula is C14H23NO. The average Bonchev–Trinajstić information content (AvgIpc) is 2.20. The van der Waals surface area contributed by atoms with E-state index >= 15 is 0 Å². The summed E-state index contributed by atoms with van der Waals surface area (Å²) in [6, 6.07) is 4.75. The third-order valence-corrected chi connectivity index (χ3v) is 3.07. The lowest BCUT2D eigenvalue weighted by Crippen LogP contribution is -2.27. The third-order valence-electron chi connectivity index (χ3n) is 3.07. The van der Waals surface area contributed by atoms with Crippen LogP contribution in [0.5, 0.6) is 0 Å². The van der Waals surface area contributed by atoms with Crippen molar-refractivity contribution in [1.82, 2.24) is 5.32 Å². The van der Waals surface area contributed by atoms with Crippen molar-refractivity contribution < 1.29 is 5.11 Å². The van der Waals surface area contributed by atoms with Gasteiger partial charge in [0.15, 0.2) is 0 Å². The van der Waals surface area contributed by atoms with E-state index in [4.69, 9.17) is 0 Å². The molecule has 2 nitrogen and oxygen atoms in total. The first-order valence-electron chi connectivity index (χ1n) is 5.91. The van der Waals surface area contributed by atoms with Gasteiger partial charge in [0.2, 0.25) is 0 Å². The van der Waals surface area contributed by atoms with E-state index in [0.29, 0.717) is 6.54 Å². The molecule has 0 amide bonds. The van der Waals surface area contributed by atoms with Gasteiger partial charge < -0.3 is 10.4 Å². The molecular weight excluding hydrogens is 198 g/mol. The first kappa shape index (κ1) is 13.2. The summed E-state index contributed by atoms with van der Waals surface area (Å²) in [6.07, 6.45) is -0.297. The number of nitrogens with one attached hydrogen (secondary N) is 1. The summed E-state index contributed by atoms with van der Waals surface area (Å²) in [6.45, 7) is 11.0. The van der Waals surface area contributed by atoms with Crippen LogP contribution in [0.25, 0.3) is 0 Å². The molecule has 1 aromatic rings. The third kappa shape index (κ3) is 3.32. The number of benzene rings is 1. The van der Waals surface area contributed by atoms with Gasteiger partial charge in [0.05, 0.1) is 6.10 Å². The highest BCUT2D eigenvalue weighted by atomic mass is 16.3. The monoisotopic (exact) mass is 221 g/mol. The molecule has 0 saturated carbocycles. The van der Waals surface area contributed by atoms with E-state index < -0.39 is 0 Å². The van der Waals surface area contributed by atoms with Gasteiger partial charge in [0.1, 0.15) is 0 Å². The van der Waals surface area contributed by atoms with Gasteiger partial charge >= 0.3 is 0 Å². The summed E-state index contributed by atoms with van der Waals surface area (Å²) < 4.78 is 0. The standard InChI is InChI=1S/C14H23NO/c1-9-6-11(3)14(7-10(9)2)13(5)15-8-12(4)16/h6-7,12-13,15-16H,8H2,1-5H3. The Morgan fingerprint density at radius 2 is 1.62 bits per heavy atom. The van der Waals surface area contributed by atoms with Gasteiger partial charge in [-0.05, 0) is 56.9 Å². The zero-order chi connectivity index (χ0) is 12.3. The molecule has 0 radical (unpaired) electrons. The van der Waals surface area contributed by atoms with Crippen molar-refractivity contribution >= 4 is 0 Å². The van der Waals surface area contributed by atoms with Crippen molar-refractivity contribution in [3.05, 3.63) is 34.4 Å². The molecule has 0 aliphatic carbocycles. The molecule has 2 heteroatoms. The predicted octanol–water partition coefficient (Wildman–Crippen LogP) is 2.64. The van der Waals surface area contributed by atoms with Gasteiger partial charge in [-0.1, -0.05) is 12.1 Å². The molecule has 0 bridgehead atoms. The van der Waals surface area contributed by atoms with Crippen molar-refractivity contribution in [2.45, 2.75) is 46.8 Å². The topological polar surface area (TPSA) is 32.3 Å². The van der Waals surface area contributed by atoms with Crippen LogP contribution in [0.4, 0.5) is 0 Å². The van der Waals surface area contributed by atoms with Crippen molar-refractivity contribution in [2.75, 3.05) is 6.54 Å². The Balaban J connectivity index is 2.82. The number of hydrogen-bond donors (Lipinski definition) is 2. The second kappa shape index (κ2) is 5.46. The lowest BCUT2D eigenvalue weighted by atomic mass is 9.96. The van der Waals surface area contributed by atoms with Crippen LogP contribution in [-0.2, 0) is 0 Å². The molecule has 0 aliphatic rings. The highest BCUT2D eigenvalue weighted by Crippen LogP contribution is 2.21. The van der Waals surface area contributed by atoms with Crippen LogP contribution in [0, 0.1) is 20.8 Å².